The molecule has 19 heteroatoms. The van der Waals surface area contributed by atoms with E-state index in [1.54, 1.807) is 9.36 Å². The summed E-state index contributed by atoms with van der Waals surface area (Å²) in [4.78, 5) is 74.5. The molecule has 1 aliphatic carbocycles. The van der Waals surface area contributed by atoms with Crippen molar-refractivity contribution in [1.82, 2.24) is 9.36 Å². The van der Waals surface area contributed by atoms with Crippen LogP contribution in [-0.4, -0.2) is 65.1 Å². The van der Waals surface area contributed by atoms with E-state index >= 15 is 0 Å². The van der Waals surface area contributed by atoms with Gasteiger partial charge in [0.15, 0.2) is 27.2 Å². The van der Waals surface area contributed by atoms with Crippen LogP contribution in [0.5, 0.6) is 0 Å². The minimum atomic E-state index is -3.70. The predicted octanol–water partition coefficient (Wildman–Crippen LogP) is 3.91. The molecule has 0 bridgehead atoms. The lowest BCUT2D eigenvalue weighted by Crippen LogP contribution is -2.35. The van der Waals surface area contributed by atoms with Gasteiger partial charge in [-0.1, -0.05) is 11.6 Å². The van der Waals surface area contributed by atoms with Crippen molar-refractivity contribution in [1.29, 1.82) is 0 Å². The molecule has 3 aromatic rings. The molecule has 2 aromatic carbocycles. The number of esters is 1. The summed E-state index contributed by atoms with van der Waals surface area (Å²) in [6, 6.07) is 5.44. The number of carbonyl (C=O) groups is 4. The van der Waals surface area contributed by atoms with Gasteiger partial charge in [-0.25, -0.2) is 22.5 Å². The summed E-state index contributed by atoms with van der Waals surface area (Å²) >= 11 is 8.17. The number of fused-ring (bicyclic) bond motifs is 1. The monoisotopic (exact) mass is 742 g/mol. The Morgan fingerprint density at radius 1 is 1.10 bits per heavy atom. The van der Waals surface area contributed by atoms with E-state index in [2.05, 4.69) is 9.73 Å². The van der Waals surface area contributed by atoms with Crippen LogP contribution in [0.15, 0.2) is 49.9 Å². The number of nitro benzene ring substituents is 1. The zero-order valence-corrected chi connectivity index (χ0v) is 28.7. The smallest absolute Gasteiger partial charge is 0.325 e. The highest BCUT2D eigenvalue weighted by Crippen LogP contribution is 2.33. The van der Waals surface area contributed by atoms with Gasteiger partial charge in [0.05, 0.1) is 33.3 Å². The van der Waals surface area contributed by atoms with E-state index in [-0.39, 0.29) is 39.1 Å². The van der Waals surface area contributed by atoms with Crippen molar-refractivity contribution >= 4 is 79.2 Å². The summed E-state index contributed by atoms with van der Waals surface area (Å²) in [5.74, 6) is -4.54. The van der Waals surface area contributed by atoms with E-state index in [0.717, 1.165) is 66.5 Å². The average Bonchev–Trinajstić information content (AvgIpc) is 3.35. The molecule has 0 saturated heterocycles. The van der Waals surface area contributed by atoms with Gasteiger partial charge in [-0.05, 0) is 54.9 Å². The van der Waals surface area contributed by atoms with Crippen LogP contribution < -0.4 is 9.67 Å². The number of sulfone groups is 1. The molecule has 2 heterocycles. The maximum Gasteiger partial charge on any atom is 0.325 e. The van der Waals surface area contributed by atoms with Crippen LogP contribution in [0.1, 0.15) is 42.5 Å². The number of ketones is 3. The van der Waals surface area contributed by atoms with Gasteiger partial charge in [0.2, 0.25) is 4.80 Å². The van der Waals surface area contributed by atoms with Gasteiger partial charge in [-0.3, -0.25) is 38.8 Å². The van der Waals surface area contributed by atoms with E-state index in [1.807, 2.05) is 0 Å². The number of aromatic nitrogens is 2. The Morgan fingerprint density at radius 2 is 1.75 bits per heavy atom. The molecule has 256 valence electrons. The summed E-state index contributed by atoms with van der Waals surface area (Å²) in [7, 11) is -2.40. The van der Waals surface area contributed by atoms with Crippen molar-refractivity contribution < 1.29 is 41.6 Å². The van der Waals surface area contributed by atoms with Crippen molar-refractivity contribution in [3.8, 4) is 0 Å². The highest BCUT2D eigenvalue weighted by molar-refractivity contribution is 8.00. The zero-order chi connectivity index (χ0) is 35.3. The zero-order valence-electron chi connectivity index (χ0n) is 25.5. The average molecular weight is 743 g/mol. The molecular weight excluding hydrogens is 715 g/mol. The normalized spacial score (nSPS) is 15.4. The Kier molecular flexibility index (Phi) is 11.9. The number of rotatable bonds is 8. The van der Waals surface area contributed by atoms with Crippen LogP contribution in [0, 0.1) is 21.8 Å². The van der Waals surface area contributed by atoms with E-state index in [4.69, 9.17) is 11.6 Å². The molecule has 1 aliphatic heterocycles. The van der Waals surface area contributed by atoms with Crippen molar-refractivity contribution in [2.75, 3.05) is 19.1 Å². The van der Waals surface area contributed by atoms with Crippen LogP contribution in [0.2, 0.25) is 5.02 Å². The summed E-state index contributed by atoms with van der Waals surface area (Å²) in [5.41, 5.74) is -1.08. The molecule has 0 amide bonds. The fourth-order valence-corrected chi connectivity index (χ4v) is 7.51. The largest absolute Gasteiger partial charge is 0.468 e. The highest BCUT2D eigenvalue weighted by Gasteiger charge is 2.39. The molecule has 5 rings (SSSR count). The molecule has 0 unspecified atom stereocenters. The number of nitrogens with zero attached hydrogens (tertiary/aromatic N) is 4. The molecule has 0 spiro atoms. The molecule has 0 N–H and O–H groups in total. The molecule has 1 saturated carbocycles. The first kappa shape index (κ1) is 36.8. The third kappa shape index (κ3) is 8.53. The fraction of sp³-hybridized carbons (Fsp3) is 0.379. The minimum Gasteiger partial charge on any atom is -0.468 e. The highest BCUT2D eigenvalue weighted by atomic mass is 35.5. The van der Waals surface area contributed by atoms with E-state index in [1.165, 1.54) is 13.2 Å². The quantitative estimate of drug-likeness (QED) is 0.0811. The summed E-state index contributed by atoms with van der Waals surface area (Å²) in [6.07, 6.45) is 3.26. The van der Waals surface area contributed by atoms with Gasteiger partial charge >= 0.3 is 10.8 Å². The molecule has 48 heavy (non-hydrogen) atoms. The molecule has 1 fully saturated rings. The van der Waals surface area contributed by atoms with Crippen LogP contribution in [-0.2, 0) is 42.0 Å². The number of thioether (sulfide) groups is 1. The number of nitro groups is 1. The van der Waals surface area contributed by atoms with Crippen molar-refractivity contribution in [2.24, 2.45) is 10.9 Å². The van der Waals surface area contributed by atoms with Crippen LogP contribution in [0.4, 0.5) is 15.8 Å². The summed E-state index contributed by atoms with van der Waals surface area (Å²) < 4.78 is 45.2. The second kappa shape index (κ2) is 15.5. The van der Waals surface area contributed by atoms with E-state index < -0.39 is 61.1 Å². The van der Waals surface area contributed by atoms with Gasteiger partial charge < -0.3 is 4.74 Å². The number of Topliss-reactive ketones (excluding diaryl/α,β-unsaturated/α-hetero) is 3. The Bertz CT molecular complexity index is 2040. The Morgan fingerprint density at radius 3 is 2.35 bits per heavy atom. The first-order chi connectivity index (χ1) is 22.6. The topological polar surface area (TPSA) is 194 Å². The van der Waals surface area contributed by atoms with Crippen LogP contribution in [0.3, 0.4) is 0 Å². The third-order valence-corrected chi connectivity index (χ3v) is 10.7. The maximum absolute atomic E-state index is 14.3. The molecular formula is C29H28ClFN4O10S3. The first-order valence-corrected chi connectivity index (χ1v) is 18.3. The van der Waals surface area contributed by atoms with Gasteiger partial charge in [-0.15, -0.1) is 11.8 Å². The number of halogens is 2. The standard InChI is InChI=1S/C15H15ClFN3O3S2.C14H13NO7S/c1-23-13(21)8-24-12-7-11(10(17)6-9(12)16)18-14-19-4-2-3-5-20(19)15(22)25-14;1-23(21,22)8-5-6-9(10(7-8)15(19)20)14(18)13-11(16)3-2-4-12(13)17/h6-7H,2-5,8H2,1H3;5-7,13H,2-4H2,1H3/b18-14-;. The van der Waals surface area contributed by atoms with Crippen molar-refractivity contribution in [3.63, 3.8) is 0 Å². The predicted molar refractivity (Wildman–Crippen MR) is 173 cm³/mol. The lowest BCUT2D eigenvalue weighted by atomic mass is 9.81. The van der Waals surface area contributed by atoms with Crippen LogP contribution >= 0.6 is 34.7 Å². The second-order valence-electron chi connectivity index (χ2n) is 10.6. The van der Waals surface area contributed by atoms with E-state index in [9.17, 15) is 46.9 Å². The second-order valence-corrected chi connectivity index (χ2v) is 15.0. The molecule has 2 aliphatic rings. The number of hydrogen-bond acceptors (Lipinski definition) is 13. The number of benzene rings is 2. The number of ether oxygens (including phenoxy) is 1. The van der Waals surface area contributed by atoms with Gasteiger partial charge in [0, 0.05) is 43.1 Å². The minimum absolute atomic E-state index is 0.0605. The van der Waals surface area contributed by atoms with Crippen LogP contribution in [0.25, 0.3) is 0 Å². The third-order valence-electron chi connectivity index (χ3n) is 7.29. The van der Waals surface area contributed by atoms with Gasteiger partial charge in [0.1, 0.15) is 17.4 Å². The van der Waals surface area contributed by atoms with Crippen molar-refractivity contribution in [3.05, 3.63) is 71.3 Å². The lowest BCUT2D eigenvalue weighted by Gasteiger charge is -2.18. The Hall–Kier alpha value is -4.00. The molecule has 1 aromatic heterocycles. The number of methoxy groups -OCH3 is 1. The summed E-state index contributed by atoms with van der Waals surface area (Å²) in [6.45, 7) is 1.32. The van der Waals surface area contributed by atoms with E-state index in [0.29, 0.717) is 29.2 Å². The van der Waals surface area contributed by atoms with Gasteiger partial charge in [0.25, 0.3) is 5.69 Å². The molecule has 0 atom stereocenters. The van der Waals surface area contributed by atoms with Gasteiger partial charge in [-0.2, -0.15) is 0 Å². The first-order valence-electron chi connectivity index (χ1n) is 14.2. The fourth-order valence-electron chi connectivity index (χ4n) is 4.89. The lowest BCUT2D eigenvalue weighted by molar-refractivity contribution is -0.385. The molecule has 0 radical (unpaired) electrons. The van der Waals surface area contributed by atoms with Crippen molar-refractivity contribution in [2.45, 2.75) is 55.0 Å². The SMILES string of the molecule is COC(=O)CSc1cc(/N=c2\sc(=O)n3n2CCCC3)c(F)cc1Cl.CS(=O)(=O)c1ccc(C(=O)C2C(=O)CCCC2=O)c([N+](=O)[O-])c1. The maximum atomic E-state index is 14.3. The summed E-state index contributed by atoms with van der Waals surface area (Å²) in [5, 5.41) is 11.3. The molecule has 14 nitrogen and oxygen atoms in total. The Balaban J connectivity index is 0.000000218. The number of hydrogen-bond donors (Lipinski definition) is 0. The number of carbonyl (C=O) groups excluding carboxylic acids is 4. The Labute approximate surface area is 285 Å².